The lowest BCUT2D eigenvalue weighted by atomic mass is 10.0. The van der Waals surface area contributed by atoms with E-state index in [2.05, 4.69) is 55.4 Å². The number of hydrogen-bond acceptors (Lipinski definition) is 15. The van der Waals surface area contributed by atoms with Crippen LogP contribution in [-0.4, -0.2) is 96.7 Å². The number of carbonyl (C=O) groups excluding carboxylic acids is 4. The Bertz CT molecular complexity index is 1730. The van der Waals surface area contributed by atoms with Crippen LogP contribution in [0.2, 0.25) is 0 Å². The minimum absolute atomic E-state index is 0.102. The Morgan fingerprint density at radius 2 is 0.483 bits per heavy atom. The molecule has 0 saturated heterocycles. The van der Waals surface area contributed by atoms with Gasteiger partial charge in [0.1, 0.15) is 19.3 Å². The quantitative estimate of drug-likeness (QED) is 0.0222. The Kier molecular flexibility index (Phi) is 56.6. The van der Waals surface area contributed by atoms with Crippen molar-refractivity contribution in [2.24, 2.45) is 23.7 Å². The topological polar surface area (TPSA) is 237 Å². The van der Waals surface area contributed by atoms with Crippen LogP contribution in [0.3, 0.4) is 0 Å². The predicted octanol–water partition coefficient (Wildman–Crippen LogP) is 18.9. The molecule has 0 aliphatic heterocycles. The minimum Gasteiger partial charge on any atom is -0.462 e. The fourth-order valence-corrected chi connectivity index (χ4v) is 11.7. The Labute approximate surface area is 530 Å². The molecule has 0 aliphatic carbocycles. The Morgan fingerprint density at radius 3 is 0.713 bits per heavy atom. The molecule has 0 spiro atoms. The highest BCUT2D eigenvalue weighted by Crippen LogP contribution is 2.45. The average Bonchev–Trinajstić information content (AvgIpc) is 3.68. The lowest BCUT2D eigenvalue weighted by Crippen LogP contribution is -2.30. The van der Waals surface area contributed by atoms with Crippen LogP contribution in [0.25, 0.3) is 0 Å². The predicted molar refractivity (Wildman–Crippen MR) is 349 cm³/mol. The molecule has 0 bridgehead atoms. The monoisotopic (exact) mass is 1280 g/mol. The summed E-state index contributed by atoms with van der Waals surface area (Å²) in [5.74, 6) is 0.754. The zero-order valence-electron chi connectivity index (χ0n) is 56.6. The molecular formula is C68H132O17P2. The van der Waals surface area contributed by atoms with Gasteiger partial charge in [0.05, 0.1) is 26.4 Å². The molecular weight excluding hydrogens is 1150 g/mol. The van der Waals surface area contributed by atoms with E-state index in [1.54, 1.807) is 0 Å². The number of phosphoric acid groups is 2. The number of hydrogen-bond donors (Lipinski definition) is 3. The van der Waals surface area contributed by atoms with Crippen LogP contribution >= 0.6 is 15.6 Å². The maximum Gasteiger partial charge on any atom is 0.472 e. The number of phosphoric ester groups is 2. The molecule has 5 atom stereocenters. The minimum atomic E-state index is -4.95. The lowest BCUT2D eigenvalue weighted by Gasteiger charge is -2.21. The van der Waals surface area contributed by atoms with Gasteiger partial charge in [-0.3, -0.25) is 37.3 Å². The zero-order valence-corrected chi connectivity index (χ0v) is 58.4. The molecule has 0 heterocycles. The van der Waals surface area contributed by atoms with Crippen molar-refractivity contribution in [1.82, 2.24) is 0 Å². The second-order valence-corrected chi connectivity index (χ2v) is 29.4. The van der Waals surface area contributed by atoms with E-state index in [0.717, 1.165) is 108 Å². The fourth-order valence-electron chi connectivity index (χ4n) is 10.1. The maximum absolute atomic E-state index is 13.0. The van der Waals surface area contributed by atoms with Crippen LogP contribution in [0.15, 0.2) is 0 Å². The molecule has 2 unspecified atom stereocenters. The molecule has 0 aromatic heterocycles. The van der Waals surface area contributed by atoms with E-state index in [1.165, 1.54) is 128 Å². The van der Waals surface area contributed by atoms with Gasteiger partial charge in [0, 0.05) is 25.7 Å². The number of esters is 4. The first kappa shape index (κ1) is 85.1. The normalized spacial score (nSPS) is 14.3. The molecule has 0 aromatic carbocycles. The third-order valence-corrected chi connectivity index (χ3v) is 17.5. The summed E-state index contributed by atoms with van der Waals surface area (Å²) in [6, 6.07) is 0. The molecule has 0 amide bonds. The molecule has 0 fully saturated rings. The van der Waals surface area contributed by atoms with Crippen molar-refractivity contribution in [3.8, 4) is 0 Å². The maximum atomic E-state index is 13.0. The third kappa shape index (κ3) is 62.6. The highest BCUT2D eigenvalue weighted by Gasteiger charge is 2.30. The highest BCUT2D eigenvalue weighted by molar-refractivity contribution is 7.47. The van der Waals surface area contributed by atoms with Gasteiger partial charge in [-0.15, -0.1) is 0 Å². The first-order chi connectivity index (χ1) is 41.6. The number of rotatable bonds is 65. The van der Waals surface area contributed by atoms with Gasteiger partial charge in [0.2, 0.25) is 0 Å². The Balaban J connectivity index is 5.19. The van der Waals surface area contributed by atoms with Crippen molar-refractivity contribution in [3.05, 3.63) is 0 Å². The standard InChI is InChI=1S/C68H132O17P2/c1-58(2)44-36-28-20-16-12-10-9-11-13-18-22-32-40-48-65(70)78-54-64(85-68(73)51-43-35-27-25-31-39-47-61(7)8)57-83-87(76,77)81-53-62(69)52-80-86(74,75)82-56-63(55-79-66(71)49-41-33-26-24-30-38-46-60(5)6)84-67(72)50-42-34-23-19-15-14-17-21-29-37-45-59(3)4/h58-64,69H,9-57H2,1-8H3,(H,74,75)(H,76,77)/t62-,63+,64+/m0/s1. The van der Waals surface area contributed by atoms with Crippen molar-refractivity contribution < 1.29 is 80.2 Å². The number of aliphatic hydroxyl groups is 1. The summed E-state index contributed by atoms with van der Waals surface area (Å²) in [6.45, 7) is 14.0. The first-order valence-electron chi connectivity index (χ1n) is 35.2. The van der Waals surface area contributed by atoms with E-state index in [0.29, 0.717) is 37.5 Å². The van der Waals surface area contributed by atoms with E-state index >= 15 is 0 Å². The summed E-state index contributed by atoms with van der Waals surface area (Å²) in [7, 11) is -9.90. The van der Waals surface area contributed by atoms with E-state index in [-0.39, 0.29) is 25.7 Å². The number of carbonyl (C=O) groups is 4. The van der Waals surface area contributed by atoms with Gasteiger partial charge in [0.15, 0.2) is 12.2 Å². The second kappa shape index (κ2) is 57.9. The van der Waals surface area contributed by atoms with Gasteiger partial charge in [-0.1, -0.05) is 280 Å². The molecule has 0 rings (SSSR count). The summed E-state index contributed by atoms with van der Waals surface area (Å²) in [5.41, 5.74) is 0. The third-order valence-electron chi connectivity index (χ3n) is 15.6. The molecule has 17 nitrogen and oxygen atoms in total. The van der Waals surface area contributed by atoms with E-state index < -0.39 is 97.5 Å². The molecule has 516 valence electrons. The van der Waals surface area contributed by atoms with Crippen LogP contribution in [0, 0.1) is 23.7 Å². The SMILES string of the molecule is CC(C)CCCCCCCCCCCCCCCC(=O)OC[C@H](COP(=O)(O)OC[C@@H](O)COP(=O)(O)OC[C@@H](COC(=O)CCCCCCCCC(C)C)OC(=O)CCCCCCCCCCCCC(C)C)OC(=O)CCCCCCCCC(C)C. The van der Waals surface area contributed by atoms with Crippen molar-refractivity contribution >= 4 is 39.5 Å². The van der Waals surface area contributed by atoms with Crippen molar-refractivity contribution in [3.63, 3.8) is 0 Å². The summed E-state index contributed by atoms with van der Waals surface area (Å²) >= 11 is 0. The molecule has 3 N–H and O–H groups in total. The number of unbranched alkanes of at least 4 members (excludes halogenated alkanes) is 31. The molecule has 0 aromatic rings. The average molecular weight is 1280 g/mol. The van der Waals surface area contributed by atoms with Crippen LogP contribution in [0.4, 0.5) is 0 Å². The molecule has 87 heavy (non-hydrogen) atoms. The molecule has 0 radical (unpaired) electrons. The van der Waals surface area contributed by atoms with E-state index in [4.69, 9.17) is 37.0 Å². The van der Waals surface area contributed by atoms with Crippen LogP contribution < -0.4 is 0 Å². The fraction of sp³-hybridized carbons (Fsp3) is 0.941. The summed E-state index contributed by atoms with van der Waals surface area (Å²) in [4.78, 5) is 72.3. The van der Waals surface area contributed by atoms with Crippen molar-refractivity contribution in [2.45, 2.75) is 350 Å². The highest BCUT2D eigenvalue weighted by atomic mass is 31.2. The van der Waals surface area contributed by atoms with Crippen LogP contribution in [0.1, 0.15) is 331 Å². The number of aliphatic hydroxyl groups excluding tert-OH is 1. The number of ether oxygens (including phenoxy) is 4. The molecule has 19 heteroatoms. The summed E-state index contributed by atoms with van der Waals surface area (Å²) < 4.78 is 68.1. The Morgan fingerprint density at radius 1 is 0.287 bits per heavy atom. The van der Waals surface area contributed by atoms with Gasteiger partial charge in [-0.05, 0) is 49.4 Å². The van der Waals surface area contributed by atoms with E-state index in [1.807, 2.05) is 0 Å². The molecule has 0 saturated carbocycles. The first-order valence-corrected chi connectivity index (χ1v) is 38.2. The van der Waals surface area contributed by atoms with Gasteiger partial charge in [-0.2, -0.15) is 0 Å². The summed E-state index contributed by atoms with van der Waals surface area (Å²) in [5, 5.41) is 10.6. The van der Waals surface area contributed by atoms with E-state index in [9.17, 15) is 43.2 Å². The van der Waals surface area contributed by atoms with Crippen molar-refractivity contribution in [1.29, 1.82) is 0 Å². The summed E-state index contributed by atoms with van der Waals surface area (Å²) in [6.07, 6.45) is 39.3. The largest absolute Gasteiger partial charge is 0.472 e. The second-order valence-electron chi connectivity index (χ2n) is 26.5. The van der Waals surface area contributed by atoms with Gasteiger partial charge >= 0.3 is 39.5 Å². The van der Waals surface area contributed by atoms with Gasteiger partial charge in [-0.25, -0.2) is 9.13 Å². The smallest absolute Gasteiger partial charge is 0.462 e. The van der Waals surface area contributed by atoms with Crippen LogP contribution in [0.5, 0.6) is 0 Å². The van der Waals surface area contributed by atoms with Gasteiger partial charge in [0.25, 0.3) is 0 Å². The van der Waals surface area contributed by atoms with Crippen LogP contribution in [-0.2, 0) is 65.4 Å². The van der Waals surface area contributed by atoms with Gasteiger partial charge < -0.3 is 33.8 Å². The molecule has 0 aliphatic rings. The Hall–Kier alpha value is -1.94. The zero-order chi connectivity index (χ0) is 64.7. The lowest BCUT2D eigenvalue weighted by molar-refractivity contribution is -0.161. The van der Waals surface area contributed by atoms with Crippen molar-refractivity contribution in [2.75, 3.05) is 39.6 Å².